The molecule has 0 saturated carbocycles. The third-order valence-corrected chi connectivity index (χ3v) is 4.72. The Balaban J connectivity index is 1.74. The number of hydrogen-bond donors (Lipinski definition) is 0. The molecular weight excluding hydrogens is 264 g/mol. The zero-order chi connectivity index (χ0) is 13.8. The van der Waals surface area contributed by atoms with E-state index in [4.69, 9.17) is 0 Å². The van der Waals surface area contributed by atoms with E-state index in [2.05, 4.69) is 71.6 Å². The predicted octanol–water partition coefficient (Wildman–Crippen LogP) is 4.53. The smallest absolute Gasteiger partial charge is 0.111 e. The maximum Gasteiger partial charge on any atom is 0.111 e. The van der Waals surface area contributed by atoms with Gasteiger partial charge in [0, 0.05) is 0 Å². The van der Waals surface area contributed by atoms with Crippen molar-refractivity contribution in [1.29, 1.82) is 0 Å². The van der Waals surface area contributed by atoms with Crippen LogP contribution in [0.2, 0.25) is 0 Å². The molecule has 2 aromatic rings. The number of hydrazone groups is 1. The third-order valence-electron chi connectivity index (χ3n) is 3.64. The molecular formula is C17H18N2S. The van der Waals surface area contributed by atoms with E-state index >= 15 is 0 Å². The largest absolute Gasteiger partial charge is 0.249 e. The molecule has 1 aliphatic rings. The van der Waals surface area contributed by atoms with E-state index in [0.29, 0.717) is 0 Å². The topological polar surface area (TPSA) is 15.6 Å². The molecule has 0 spiro atoms. The van der Waals surface area contributed by atoms with Crippen LogP contribution in [0.4, 0.5) is 5.69 Å². The van der Waals surface area contributed by atoms with E-state index in [1.165, 1.54) is 5.56 Å². The summed E-state index contributed by atoms with van der Waals surface area (Å²) in [4.78, 5) is -0.00278. The molecule has 1 atom stereocenters. The first-order valence-electron chi connectivity index (χ1n) is 6.87. The molecule has 1 unspecified atom stereocenters. The molecule has 0 aromatic heterocycles. The van der Waals surface area contributed by atoms with Crippen LogP contribution in [-0.4, -0.2) is 10.4 Å². The van der Waals surface area contributed by atoms with Crippen LogP contribution in [0.1, 0.15) is 18.9 Å². The van der Waals surface area contributed by atoms with Gasteiger partial charge in [0.25, 0.3) is 0 Å². The monoisotopic (exact) mass is 282 g/mol. The van der Waals surface area contributed by atoms with Crippen LogP contribution in [-0.2, 0) is 6.42 Å². The van der Waals surface area contributed by atoms with Gasteiger partial charge in [-0.1, -0.05) is 60.3 Å². The second-order valence-corrected chi connectivity index (χ2v) is 6.47. The van der Waals surface area contributed by atoms with Gasteiger partial charge in [-0.3, -0.25) is 0 Å². The van der Waals surface area contributed by atoms with E-state index in [9.17, 15) is 0 Å². The van der Waals surface area contributed by atoms with Crippen LogP contribution < -0.4 is 5.01 Å². The number of thioether (sulfide) groups is 1. The van der Waals surface area contributed by atoms with Crippen LogP contribution in [0.3, 0.4) is 0 Å². The van der Waals surface area contributed by atoms with Crippen LogP contribution in [0.5, 0.6) is 0 Å². The van der Waals surface area contributed by atoms with Crippen LogP contribution in [0, 0.1) is 0 Å². The standard InChI is InChI=1S/C17H18N2S/c1-17(13-12-15-8-4-2-5-9-15)19(18-14-20-17)16-10-6-3-7-11-16/h2-11,14H,12-13H2,1H3. The Bertz CT molecular complexity index is 582. The van der Waals surface area contributed by atoms with Crippen molar-refractivity contribution in [2.24, 2.45) is 5.10 Å². The van der Waals surface area contributed by atoms with Crippen LogP contribution in [0.15, 0.2) is 65.8 Å². The second kappa shape index (κ2) is 5.71. The van der Waals surface area contributed by atoms with Crippen molar-refractivity contribution in [2.45, 2.75) is 24.6 Å². The van der Waals surface area contributed by atoms with Crippen LogP contribution >= 0.6 is 11.8 Å². The zero-order valence-corrected chi connectivity index (χ0v) is 12.4. The van der Waals surface area contributed by atoms with E-state index < -0.39 is 0 Å². The fraction of sp³-hybridized carbons (Fsp3) is 0.235. The van der Waals surface area contributed by atoms with E-state index in [0.717, 1.165) is 18.5 Å². The summed E-state index contributed by atoms with van der Waals surface area (Å²) < 4.78 is 0. The van der Waals surface area contributed by atoms with E-state index in [1.54, 1.807) is 11.8 Å². The Hall–Kier alpha value is -1.74. The minimum absolute atomic E-state index is 0.00278. The summed E-state index contributed by atoms with van der Waals surface area (Å²) in [6.07, 6.45) is 2.13. The highest BCUT2D eigenvalue weighted by Gasteiger charge is 2.35. The summed E-state index contributed by atoms with van der Waals surface area (Å²) >= 11 is 1.80. The maximum atomic E-state index is 4.54. The second-order valence-electron chi connectivity index (χ2n) is 5.15. The van der Waals surface area contributed by atoms with Gasteiger partial charge in [0.05, 0.1) is 11.2 Å². The molecule has 2 aromatic carbocycles. The van der Waals surface area contributed by atoms with Gasteiger partial charge in [0.15, 0.2) is 0 Å². The summed E-state index contributed by atoms with van der Waals surface area (Å²) in [6, 6.07) is 21.0. The molecule has 0 saturated heterocycles. The molecule has 0 amide bonds. The Labute approximate surface area is 124 Å². The molecule has 2 nitrogen and oxygen atoms in total. The van der Waals surface area contributed by atoms with Crippen molar-refractivity contribution in [2.75, 3.05) is 5.01 Å². The molecule has 1 aliphatic heterocycles. The third kappa shape index (κ3) is 2.73. The highest BCUT2D eigenvalue weighted by molar-refractivity contribution is 8.13. The fourth-order valence-corrected chi connectivity index (χ4v) is 3.29. The molecule has 20 heavy (non-hydrogen) atoms. The molecule has 3 heteroatoms. The number of aryl methyl sites for hydroxylation is 1. The van der Waals surface area contributed by atoms with Gasteiger partial charge in [-0.15, -0.1) is 0 Å². The van der Waals surface area contributed by atoms with Crippen LogP contribution in [0.25, 0.3) is 0 Å². The van der Waals surface area contributed by atoms with Crippen molar-refractivity contribution >= 4 is 23.0 Å². The van der Waals surface area contributed by atoms with Crippen molar-refractivity contribution in [3.8, 4) is 0 Å². The quantitative estimate of drug-likeness (QED) is 0.818. The lowest BCUT2D eigenvalue weighted by atomic mass is 10.1. The lowest BCUT2D eigenvalue weighted by molar-refractivity contribution is 0.564. The number of hydrogen-bond acceptors (Lipinski definition) is 3. The Morgan fingerprint density at radius 3 is 2.35 bits per heavy atom. The molecule has 3 rings (SSSR count). The van der Waals surface area contributed by atoms with E-state index in [-0.39, 0.29) is 4.87 Å². The molecule has 0 bridgehead atoms. The average Bonchev–Trinajstić information content (AvgIpc) is 2.90. The van der Waals surface area contributed by atoms with Gasteiger partial charge >= 0.3 is 0 Å². The molecule has 102 valence electrons. The molecule has 0 aliphatic carbocycles. The number of para-hydroxylation sites is 1. The summed E-state index contributed by atoms with van der Waals surface area (Å²) in [7, 11) is 0. The minimum atomic E-state index is -0.00278. The number of rotatable bonds is 4. The number of nitrogens with zero attached hydrogens (tertiary/aromatic N) is 2. The molecule has 0 fully saturated rings. The lowest BCUT2D eigenvalue weighted by Gasteiger charge is -2.33. The summed E-state index contributed by atoms with van der Waals surface area (Å²) in [5, 5.41) is 6.68. The van der Waals surface area contributed by atoms with Gasteiger partial charge in [-0.05, 0) is 37.5 Å². The summed E-state index contributed by atoms with van der Waals surface area (Å²) in [6.45, 7) is 2.26. The summed E-state index contributed by atoms with van der Waals surface area (Å²) in [5.41, 5.74) is 4.50. The van der Waals surface area contributed by atoms with Crippen molar-refractivity contribution in [3.05, 3.63) is 66.2 Å². The average molecular weight is 282 g/mol. The lowest BCUT2D eigenvalue weighted by Crippen LogP contribution is -2.37. The molecule has 0 N–H and O–H groups in total. The Morgan fingerprint density at radius 1 is 1.00 bits per heavy atom. The highest BCUT2D eigenvalue weighted by atomic mass is 32.2. The Kier molecular flexibility index (Phi) is 3.79. The minimum Gasteiger partial charge on any atom is -0.249 e. The van der Waals surface area contributed by atoms with Crippen molar-refractivity contribution in [3.63, 3.8) is 0 Å². The number of anilines is 1. The van der Waals surface area contributed by atoms with Gasteiger partial charge in [0.1, 0.15) is 4.87 Å². The SMILES string of the molecule is CC1(CCc2ccccc2)SC=NN1c1ccccc1. The highest BCUT2D eigenvalue weighted by Crippen LogP contribution is 2.40. The maximum absolute atomic E-state index is 4.54. The Morgan fingerprint density at radius 2 is 1.65 bits per heavy atom. The molecule has 0 radical (unpaired) electrons. The first-order chi connectivity index (χ1) is 9.78. The fourth-order valence-electron chi connectivity index (χ4n) is 2.45. The number of benzene rings is 2. The van der Waals surface area contributed by atoms with Crippen molar-refractivity contribution in [1.82, 2.24) is 0 Å². The van der Waals surface area contributed by atoms with Gasteiger partial charge in [-0.25, -0.2) is 5.01 Å². The van der Waals surface area contributed by atoms with Gasteiger partial charge in [-0.2, -0.15) is 5.10 Å². The van der Waals surface area contributed by atoms with E-state index in [1.807, 2.05) is 11.6 Å². The van der Waals surface area contributed by atoms with Gasteiger partial charge in [0.2, 0.25) is 0 Å². The first-order valence-corrected chi connectivity index (χ1v) is 7.75. The predicted molar refractivity (Wildman–Crippen MR) is 88.2 cm³/mol. The van der Waals surface area contributed by atoms with Crippen molar-refractivity contribution < 1.29 is 0 Å². The normalized spacial score (nSPS) is 21.4. The first kappa shape index (κ1) is 13.3. The zero-order valence-electron chi connectivity index (χ0n) is 11.6. The molecule has 1 heterocycles. The van der Waals surface area contributed by atoms with Gasteiger partial charge < -0.3 is 0 Å². The summed E-state index contributed by atoms with van der Waals surface area (Å²) in [5.74, 6) is 0.